The first-order valence-corrected chi connectivity index (χ1v) is 29.9. The maximum absolute atomic E-state index is 13.3. The zero-order valence-electron chi connectivity index (χ0n) is 44.3. The number of nitrogens with two attached hydrogens (primary N) is 2. The summed E-state index contributed by atoms with van der Waals surface area (Å²) < 4.78 is 103. The minimum atomic E-state index is -5.17. The molecule has 0 radical (unpaired) electrons. The Bertz CT molecular complexity index is 2940. The SMILES string of the molecule is CCN1C(=O)N[C@H]2CS[C@@H](CCCCC(=O)NCCOCCOCCOCCOCCC(=O)N[C@@H](CCCCNC(=O)c3ccc(C4=C5C=CC(N)C(S(=O)(=O)O)=C5Oc5c4ccc(N)c5S(=O)(=O)O)c(C(=O)O)c3)C(=O)OC)[C@H]21. The van der Waals surface area contributed by atoms with Crippen LogP contribution < -0.4 is 37.5 Å². The zero-order valence-corrected chi connectivity index (χ0v) is 46.7. The highest BCUT2D eigenvalue weighted by atomic mass is 32.2. The Balaban J connectivity index is 0.841. The molecule has 2 aromatic carbocycles. The van der Waals surface area contributed by atoms with Crippen LogP contribution in [0.1, 0.15) is 90.1 Å². The number of aromatic carboxylic acids is 1. The van der Waals surface area contributed by atoms with Crippen LogP contribution in [0.5, 0.6) is 5.75 Å². The summed E-state index contributed by atoms with van der Waals surface area (Å²) in [6, 6.07) is 3.88. The number of ether oxygens (including phenoxy) is 6. The first-order valence-electron chi connectivity index (χ1n) is 25.9. The maximum atomic E-state index is 13.3. The van der Waals surface area contributed by atoms with E-state index in [0.29, 0.717) is 70.6 Å². The van der Waals surface area contributed by atoms with Gasteiger partial charge in [-0.05, 0) is 68.9 Å². The van der Waals surface area contributed by atoms with Gasteiger partial charge in [0.05, 0.1) is 89.3 Å². The third kappa shape index (κ3) is 16.7. The van der Waals surface area contributed by atoms with E-state index in [1.165, 1.54) is 37.5 Å². The van der Waals surface area contributed by atoms with Crippen molar-refractivity contribution in [3.8, 4) is 5.75 Å². The number of methoxy groups -OCH3 is 1. The minimum absolute atomic E-state index is 0.0143. The Morgan fingerprint density at radius 3 is 2.17 bits per heavy atom. The Morgan fingerprint density at radius 2 is 1.52 bits per heavy atom. The van der Waals surface area contributed by atoms with Gasteiger partial charge in [0.1, 0.15) is 10.9 Å². The molecular weight excluding hydrogens is 1110 g/mol. The Kier molecular flexibility index (Phi) is 23.3. The van der Waals surface area contributed by atoms with Crippen molar-refractivity contribution < 1.29 is 88.2 Å². The molecule has 0 bridgehead atoms. The summed E-state index contributed by atoms with van der Waals surface area (Å²) in [5.41, 5.74) is 10.2. The number of carbonyl (C=O) groups excluding carboxylic acids is 5. The molecule has 0 saturated carbocycles. The number of hydrogen-bond acceptors (Lipinski definition) is 19. The molecule has 1 unspecified atom stereocenters. The molecule has 11 N–H and O–H groups in total. The number of nitrogens with one attached hydrogen (secondary N) is 4. The number of anilines is 1. The third-order valence-electron chi connectivity index (χ3n) is 13.3. The summed E-state index contributed by atoms with van der Waals surface area (Å²) in [6.07, 6.45) is 6.36. The van der Waals surface area contributed by atoms with E-state index in [9.17, 15) is 59.8 Å². The van der Waals surface area contributed by atoms with Crippen molar-refractivity contribution >= 4 is 78.9 Å². The molecule has 80 heavy (non-hydrogen) atoms. The van der Waals surface area contributed by atoms with Crippen LogP contribution in [0.25, 0.3) is 5.57 Å². The molecule has 0 aromatic heterocycles. The normalized spacial score (nSPS) is 18.9. The molecule has 1 aliphatic carbocycles. The van der Waals surface area contributed by atoms with Crippen LogP contribution in [0.2, 0.25) is 0 Å². The predicted octanol–water partition coefficient (Wildman–Crippen LogP) is 1.99. The maximum Gasteiger partial charge on any atom is 0.336 e. The summed E-state index contributed by atoms with van der Waals surface area (Å²) in [4.78, 5) is 75.8. The summed E-state index contributed by atoms with van der Waals surface area (Å²) in [5, 5.41) is 22.0. The fourth-order valence-electron chi connectivity index (χ4n) is 9.56. The summed E-state index contributed by atoms with van der Waals surface area (Å²) >= 11 is 1.90. The Morgan fingerprint density at radius 1 is 0.850 bits per heavy atom. The first-order chi connectivity index (χ1) is 38.2. The van der Waals surface area contributed by atoms with Crippen molar-refractivity contribution in [1.82, 2.24) is 26.2 Å². The number of benzene rings is 2. The number of hydrogen-bond donors (Lipinski definition) is 9. The van der Waals surface area contributed by atoms with Crippen LogP contribution in [0, 0.1) is 0 Å². The van der Waals surface area contributed by atoms with E-state index in [1.54, 1.807) is 0 Å². The molecule has 2 saturated heterocycles. The van der Waals surface area contributed by atoms with Gasteiger partial charge >= 0.3 is 18.0 Å². The van der Waals surface area contributed by atoms with Crippen LogP contribution in [0.15, 0.2) is 63.6 Å². The number of carboxylic acid groups (broad SMARTS) is 1. The van der Waals surface area contributed by atoms with Gasteiger partial charge in [0.2, 0.25) is 11.8 Å². The molecule has 3 aliphatic heterocycles. The second kappa shape index (κ2) is 29.5. The highest BCUT2D eigenvalue weighted by Crippen LogP contribution is 2.49. The first kappa shape index (κ1) is 63.0. The number of unbranched alkanes of at least 4 members (excludes halogenated alkanes) is 2. The van der Waals surface area contributed by atoms with Crippen molar-refractivity contribution in [2.24, 2.45) is 5.73 Å². The summed E-state index contributed by atoms with van der Waals surface area (Å²) in [7, 11) is -9.12. The van der Waals surface area contributed by atoms with Gasteiger partial charge in [-0.25, -0.2) is 14.4 Å². The summed E-state index contributed by atoms with van der Waals surface area (Å²) in [6.45, 7) is 5.38. The number of nitrogen functional groups attached to an aromatic ring is 1. The van der Waals surface area contributed by atoms with E-state index in [4.69, 9.17) is 39.9 Å². The number of fused-ring (bicyclic) bond motifs is 3. The highest BCUT2D eigenvalue weighted by molar-refractivity contribution is 8.00. The number of nitrogens with zero attached hydrogens (tertiary/aromatic N) is 1. The number of urea groups is 1. The van der Waals surface area contributed by atoms with E-state index < -0.39 is 88.6 Å². The average Bonchev–Trinajstić information content (AvgIpc) is 4.01. The van der Waals surface area contributed by atoms with Crippen molar-refractivity contribution in [1.29, 1.82) is 0 Å². The second-order valence-electron chi connectivity index (χ2n) is 18.7. The fraction of sp³-hybridized carbons (Fsp3) is 0.529. The summed E-state index contributed by atoms with van der Waals surface area (Å²) in [5.74, 6) is -3.80. The molecule has 4 aliphatic rings. The Labute approximate surface area is 467 Å². The lowest BCUT2D eigenvalue weighted by Crippen LogP contribution is -2.42. The molecule has 5 atom stereocenters. The zero-order chi connectivity index (χ0) is 58.1. The predicted molar refractivity (Wildman–Crippen MR) is 291 cm³/mol. The average molecular weight is 1180 g/mol. The van der Waals surface area contributed by atoms with Gasteiger partial charge in [0.25, 0.3) is 26.1 Å². The van der Waals surface area contributed by atoms with E-state index in [1.807, 2.05) is 23.6 Å². The van der Waals surface area contributed by atoms with Crippen LogP contribution >= 0.6 is 11.8 Å². The van der Waals surface area contributed by atoms with Gasteiger partial charge < -0.3 is 71.2 Å². The fourth-order valence-corrected chi connectivity index (χ4v) is 12.7. The number of likely N-dealkylation sites (N-methyl/N-ethyl adjacent to an activating group) is 1. The molecule has 3 heterocycles. The Hall–Kier alpha value is -6.15. The molecular formula is C51H69N7O19S3. The molecule has 2 aromatic rings. The number of allylic oxidation sites excluding steroid dienone is 1. The number of rotatable bonds is 33. The van der Waals surface area contributed by atoms with Crippen LogP contribution in [0.4, 0.5) is 10.5 Å². The number of carboxylic acids is 1. The van der Waals surface area contributed by atoms with Crippen molar-refractivity contribution in [2.45, 2.75) is 92.6 Å². The van der Waals surface area contributed by atoms with Gasteiger partial charge in [0.15, 0.2) is 16.4 Å². The number of amides is 5. The van der Waals surface area contributed by atoms with Gasteiger partial charge in [-0.1, -0.05) is 24.6 Å². The molecule has 5 amide bonds. The molecule has 2 fully saturated rings. The van der Waals surface area contributed by atoms with Crippen LogP contribution in [0.3, 0.4) is 0 Å². The molecule has 29 heteroatoms. The minimum Gasteiger partial charge on any atom is -0.478 e. The van der Waals surface area contributed by atoms with Crippen molar-refractivity contribution in [3.05, 3.63) is 81.0 Å². The topological polar surface area (TPSA) is 390 Å². The van der Waals surface area contributed by atoms with Gasteiger partial charge in [-0.3, -0.25) is 23.5 Å². The van der Waals surface area contributed by atoms with E-state index >= 15 is 0 Å². The van der Waals surface area contributed by atoms with Crippen molar-refractivity contribution in [2.75, 3.05) is 91.1 Å². The van der Waals surface area contributed by atoms with Gasteiger partial charge in [-0.15, -0.1) is 0 Å². The van der Waals surface area contributed by atoms with Crippen molar-refractivity contribution in [3.63, 3.8) is 0 Å². The van der Waals surface area contributed by atoms with Crippen LogP contribution in [-0.4, -0.2) is 186 Å². The number of esters is 1. The van der Waals surface area contributed by atoms with E-state index in [2.05, 4.69) is 21.3 Å². The van der Waals surface area contributed by atoms with Gasteiger partial charge in [-0.2, -0.15) is 28.6 Å². The lowest BCUT2D eigenvalue weighted by atomic mass is 9.84. The lowest BCUT2D eigenvalue weighted by Gasteiger charge is -2.31. The standard InChI is InChI=1S/C51H69N7O19S3/c1-3-58-43-38(57-51(58)65)29-78-39(43)9-4-5-10-40(59)54-19-21-74-23-25-76-27-26-75-24-22-73-20-17-41(60)56-37(50(64)72-2)8-6-7-18-55-48(61)30-11-12-31(34(28-30)49(62)63)42-32-13-15-35(52)46(79(66,67)68)44(32)77-45-33(42)14-16-36(53)47(45)80(69,70)71/h11-16,28,35,37-39,43H,3-10,17-27,29,52-53H2,1-2H3,(H,54,59)(H,55,61)(H,56,60)(H,57,65)(H,62,63)(H,66,67,68)(H,69,70,71)/t35?,37-,38-,39-,43-/m0/s1. The molecule has 6 rings (SSSR count). The second-order valence-corrected chi connectivity index (χ2v) is 22.8. The third-order valence-corrected chi connectivity index (χ3v) is 16.8. The largest absolute Gasteiger partial charge is 0.478 e. The molecule has 0 spiro atoms. The number of thioether (sulfide) groups is 1. The van der Waals surface area contributed by atoms with Crippen LogP contribution in [-0.2, 0) is 58.3 Å². The number of carbonyl (C=O) groups is 6. The molecule has 26 nitrogen and oxygen atoms in total. The monoisotopic (exact) mass is 1180 g/mol. The van der Waals surface area contributed by atoms with Gasteiger partial charge in [0, 0.05) is 65.8 Å². The van der Waals surface area contributed by atoms with E-state index in [0.717, 1.165) is 37.1 Å². The smallest absolute Gasteiger partial charge is 0.336 e. The lowest BCUT2D eigenvalue weighted by molar-refractivity contribution is -0.145. The quantitative estimate of drug-likeness (QED) is 0.0162. The van der Waals surface area contributed by atoms with E-state index in [-0.39, 0.29) is 91.1 Å². The highest BCUT2D eigenvalue weighted by Gasteiger charge is 2.47. The molecule has 440 valence electrons.